The molecule has 0 fully saturated rings. The standard InChI is InChI=1S/C18H13F2IN2O2/c19-11-1-6-14(15(20)9-11)16-10-22-18(25-16)8-7-17(24)23-13-4-2-12(21)3-5-13/h1-6,9-10H,7-8H2,(H,23,24). The van der Waals surface area contributed by atoms with Crippen LogP contribution in [0.15, 0.2) is 53.1 Å². The summed E-state index contributed by atoms with van der Waals surface area (Å²) in [5.41, 5.74) is 0.843. The minimum atomic E-state index is -0.723. The third kappa shape index (κ3) is 4.62. The van der Waals surface area contributed by atoms with Crippen LogP contribution in [0.1, 0.15) is 12.3 Å². The second-order valence-corrected chi connectivity index (χ2v) is 6.54. The number of anilines is 1. The van der Waals surface area contributed by atoms with E-state index in [9.17, 15) is 13.6 Å². The van der Waals surface area contributed by atoms with Crippen LogP contribution < -0.4 is 5.32 Å². The lowest BCUT2D eigenvalue weighted by atomic mass is 10.2. The molecule has 1 N–H and O–H groups in total. The Bertz CT molecular complexity index is 894. The van der Waals surface area contributed by atoms with Crippen molar-refractivity contribution in [1.29, 1.82) is 0 Å². The Morgan fingerprint density at radius 3 is 2.64 bits per heavy atom. The minimum Gasteiger partial charge on any atom is -0.441 e. The van der Waals surface area contributed by atoms with E-state index < -0.39 is 11.6 Å². The van der Waals surface area contributed by atoms with E-state index in [1.807, 2.05) is 24.3 Å². The van der Waals surface area contributed by atoms with Crippen LogP contribution >= 0.6 is 22.6 Å². The van der Waals surface area contributed by atoms with E-state index in [0.29, 0.717) is 11.6 Å². The van der Waals surface area contributed by atoms with Gasteiger partial charge in [0, 0.05) is 28.2 Å². The fourth-order valence-electron chi connectivity index (χ4n) is 2.22. The molecule has 0 saturated carbocycles. The van der Waals surface area contributed by atoms with E-state index >= 15 is 0 Å². The molecule has 1 heterocycles. The van der Waals surface area contributed by atoms with Crippen molar-refractivity contribution in [2.45, 2.75) is 12.8 Å². The van der Waals surface area contributed by atoms with E-state index in [1.165, 1.54) is 12.3 Å². The molecule has 3 rings (SSSR count). The van der Waals surface area contributed by atoms with Crippen LogP contribution in [-0.4, -0.2) is 10.9 Å². The maximum absolute atomic E-state index is 13.7. The first-order chi connectivity index (χ1) is 12.0. The number of nitrogens with one attached hydrogen (secondary N) is 1. The predicted molar refractivity (Wildman–Crippen MR) is 98.0 cm³/mol. The molecule has 0 aliphatic rings. The van der Waals surface area contributed by atoms with Crippen LogP contribution in [0.3, 0.4) is 0 Å². The SMILES string of the molecule is O=C(CCc1ncc(-c2ccc(F)cc2F)o1)Nc1ccc(I)cc1. The zero-order valence-electron chi connectivity index (χ0n) is 12.9. The monoisotopic (exact) mass is 454 g/mol. The number of benzene rings is 2. The first-order valence-electron chi connectivity index (χ1n) is 7.47. The number of amides is 1. The summed E-state index contributed by atoms with van der Waals surface area (Å²) in [6.45, 7) is 0. The Hall–Kier alpha value is -2.29. The number of hydrogen-bond acceptors (Lipinski definition) is 3. The van der Waals surface area contributed by atoms with Gasteiger partial charge in [0.05, 0.1) is 11.8 Å². The van der Waals surface area contributed by atoms with Crippen molar-refractivity contribution in [3.63, 3.8) is 0 Å². The lowest BCUT2D eigenvalue weighted by Crippen LogP contribution is -2.12. The van der Waals surface area contributed by atoms with Crippen LogP contribution in [0.5, 0.6) is 0 Å². The molecule has 0 saturated heterocycles. The first-order valence-corrected chi connectivity index (χ1v) is 8.55. The van der Waals surface area contributed by atoms with Crippen molar-refractivity contribution < 1.29 is 18.0 Å². The van der Waals surface area contributed by atoms with Gasteiger partial charge in [0.15, 0.2) is 11.7 Å². The van der Waals surface area contributed by atoms with Gasteiger partial charge in [0.1, 0.15) is 11.6 Å². The molecular weight excluding hydrogens is 441 g/mol. The fraction of sp³-hybridized carbons (Fsp3) is 0.111. The molecule has 0 atom stereocenters. The van der Waals surface area contributed by atoms with Crippen LogP contribution in [-0.2, 0) is 11.2 Å². The summed E-state index contributed by atoms with van der Waals surface area (Å²) in [5, 5.41) is 2.78. The number of halogens is 3. The molecule has 0 bridgehead atoms. The van der Waals surface area contributed by atoms with Gasteiger partial charge in [-0.2, -0.15) is 0 Å². The molecule has 0 radical (unpaired) electrons. The smallest absolute Gasteiger partial charge is 0.224 e. The summed E-state index contributed by atoms with van der Waals surface area (Å²) in [5.74, 6) is -1.04. The zero-order chi connectivity index (χ0) is 17.8. The lowest BCUT2D eigenvalue weighted by Gasteiger charge is -2.04. The van der Waals surface area contributed by atoms with Crippen LogP contribution in [0.4, 0.5) is 14.5 Å². The fourth-order valence-corrected chi connectivity index (χ4v) is 2.58. The first kappa shape index (κ1) is 17.5. The second kappa shape index (κ2) is 7.73. The van der Waals surface area contributed by atoms with Gasteiger partial charge in [-0.15, -0.1) is 0 Å². The van der Waals surface area contributed by atoms with Crippen molar-refractivity contribution in [2.24, 2.45) is 0 Å². The average molecular weight is 454 g/mol. The number of aromatic nitrogens is 1. The Kier molecular flexibility index (Phi) is 5.42. The van der Waals surface area contributed by atoms with Gasteiger partial charge in [-0.1, -0.05) is 0 Å². The third-order valence-corrected chi connectivity index (χ3v) is 4.16. The summed E-state index contributed by atoms with van der Waals surface area (Å²) in [7, 11) is 0. The van der Waals surface area contributed by atoms with Gasteiger partial charge in [-0.05, 0) is 59.0 Å². The number of aryl methyl sites for hydroxylation is 1. The maximum Gasteiger partial charge on any atom is 0.224 e. The Balaban J connectivity index is 1.59. The molecule has 4 nitrogen and oxygen atoms in total. The molecule has 1 aromatic heterocycles. The Morgan fingerprint density at radius 1 is 1.16 bits per heavy atom. The highest BCUT2D eigenvalue weighted by Crippen LogP contribution is 2.24. The molecule has 25 heavy (non-hydrogen) atoms. The molecule has 1 amide bonds. The summed E-state index contributed by atoms with van der Waals surface area (Å²) in [4.78, 5) is 16.0. The lowest BCUT2D eigenvalue weighted by molar-refractivity contribution is -0.116. The van der Waals surface area contributed by atoms with Gasteiger partial charge in [0.25, 0.3) is 0 Å². The van der Waals surface area contributed by atoms with Crippen LogP contribution in [0.25, 0.3) is 11.3 Å². The maximum atomic E-state index is 13.7. The van der Waals surface area contributed by atoms with E-state index in [1.54, 1.807) is 0 Å². The highest BCUT2D eigenvalue weighted by molar-refractivity contribution is 14.1. The molecule has 0 aliphatic heterocycles. The van der Waals surface area contributed by atoms with E-state index in [0.717, 1.165) is 15.7 Å². The zero-order valence-corrected chi connectivity index (χ0v) is 15.1. The van der Waals surface area contributed by atoms with Gasteiger partial charge < -0.3 is 9.73 Å². The summed E-state index contributed by atoms with van der Waals surface area (Å²) >= 11 is 2.18. The van der Waals surface area contributed by atoms with Gasteiger partial charge in [0.2, 0.25) is 5.91 Å². The number of oxazole rings is 1. The van der Waals surface area contributed by atoms with Gasteiger partial charge >= 0.3 is 0 Å². The highest BCUT2D eigenvalue weighted by atomic mass is 127. The minimum absolute atomic E-state index is 0.128. The molecule has 0 spiro atoms. The third-order valence-electron chi connectivity index (χ3n) is 3.44. The topological polar surface area (TPSA) is 55.1 Å². The van der Waals surface area contributed by atoms with E-state index in [2.05, 4.69) is 32.9 Å². The van der Waals surface area contributed by atoms with Gasteiger partial charge in [-0.25, -0.2) is 13.8 Å². The molecule has 7 heteroatoms. The molecule has 3 aromatic rings. The van der Waals surface area contributed by atoms with Gasteiger partial charge in [-0.3, -0.25) is 4.79 Å². The number of carbonyl (C=O) groups excluding carboxylic acids is 1. The molecule has 2 aromatic carbocycles. The number of hydrogen-bond donors (Lipinski definition) is 1. The van der Waals surface area contributed by atoms with Crippen molar-refractivity contribution >= 4 is 34.2 Å². The molecular formula is C18H13F2IN2O2. The number of rotatable bonds is 5. The Morgan fingerprint density at radius 2 is 1.92 bits per heavy atom. The summed E-state index contributed by atoms with van der Waals surface area (Å²) in [6, 6.07) is 10.7. The summed E-state index contributed by atoms with van der Waals surface area (Å²) in [6.07, 6.45) is 1.82. The van der Waals surface area contributed by atoms with Crippen molar-refractivity contribution in [3.05, 3.63) is 69.8 Å². The van der Waals surface area contributed by atoms with Crippen LogP contribution in [0.2, 0.25) is 0 Å². The quantitative estimate of drug-likeness (QED) is 0.564. The van der Waals surface area contributed by atoms with E-state index in [-0.39, 0.29) is 30.1 Å². The average Bonchev–Trinajstić information content (AvgIpc) is 3.04. The summed E-state index contributed by atoms with van der Waals surface area (Å²) < 4.78 is 33.2. The predicted octanol–water partition coefficient (Wildman–Crippen LogP) is 4.80. The van der Waals surface area contributed by atoms with E-state index in [4.69, 9.17) is 4.42 Å². The largest absolute Gasteiger partial charge is 0.441 e. The number of carbonyl (C=O) groups is 1. The highest BCUT2D eigenvalue weighted by Gasteiger charge is 2.13. The molecule has 0 aliphatic carbocycles. The van der Waals surface area contributed by atoms with Crippen molar-refractivity contribution in [3.8, 4) is 11.3 Å². The van der Waals surface area contributed by atoms with Crippen LogP contribution in [0, 0.1) is 15.2 Å². The normalized spacial score (nSPS) is 10.7. The van der Waals surface area contributed by atoms with Crippen molar-refractivity contribution in [1.82, 2.24) is 4.98 Å². The molecule has 0 unspecified atom stereocenters. The number of nitrogens with zero attached hydrogens (tertiary/aromatic N) is 1. The van der Waals surface area contributed by atoms with Crippen molar-refractivity contribution in [2.75, 3.05) is 5.32 Å². The Labute approximate surface area is 156 Å². The molecule has 128 valence electrons. The second-order valence-electron chi connectivity index (χ2n) is 5.30.